The zero-order valence-electron chi connectivity index (χ0n) is 14.1. The number of carbonyl (C=O) groups excluding carboxylic acids is 2. The second kappa shape index (κ2) is 8.39. The van der Waals surface area contributed by atoms with Gasteiger partial charge in [0, 0.05) is 38.9 Å². The Bertz CT molecular complexity index is 698. The predicted molar refractivity (Wildman–Crippen MR) is 94.4 cm³/mol. The minimum atomic E-state index is -0.567. The zero-order valence-corrected chi connectivity index (χ0v) is 14.1. The van der Waals surface area contributed by atoms with Gasteiger partial charge in [0.2, 0.25) is 0 Å². The Hall–Kier alpha value is -2.73. The summed E-state index contributed by atoms with van der Waals surface area (Å²) in [6.07, 6.45) is 1.66. The second-order valence-electron chi connectivity index (χ2n) is 6.06. The Morgan fingerprint density at radius 2 is 1.68 bits per heavy atom. The first-order valence-corrected chi connectivity index (χ1v) is 8.45. The summed E-state index contributed by atoms with van der Waals surface area (Å²) in [4.78, 5) is 32.3. The van der Waals surface area contributed by atoms with Crippen LogP contribution in [-0.2, 0) is 22.7 Å². The summed E-state index contributed by atoms with van der Waals surface area (Å²) in [5.41, 5.74) is 1.99. The Morgan fingerprint density at radius 1 is 0.960 bits per heavy atom. The Balaban J connectivity index is 1.44. The summed E-state index contributed by atoms with van der Waals surface area (Å²) in [6, 6.07) is 15.7. The van der Waals surface area contributed by atoms with Crippen LogP contribution in [0.5, 0.6) is 0 Å². The van der Waals surface area contributed by atoms with Crippen LogP contribution in [0.2, 0.25) is 0 Å². The van der Waals surface area contributed by atoms with Crippen molar-refractivity contribution in [3.63, 3.8) is 0 Å². The Labute approximate surface area is 147 Å². The van der Waals surface area contributed by atoms with Gasteiger partial charge in [0.15, 0.2) is 0 Å². The zero-order chi connectivity index (χ0) is 17.5. The molecule has 0 saturated carbocycles. The largest absolute Gasteiger partial charge is 0.342 e. The predicted octanol–water partition coefficient (Wildman–Crippen LogP) is 1.04. The van der Waals surface area contributed by atoms with E-state index in [0.717, 1.165) is 25.3 Å². The highest BCUT2D eigenvalue weighted by Gasteiger charge is 2.25. The van der Waals surface area contributed by atoms with E-state index in [2.05, 4.69) is 27.3 Å². The van der Waals surface area contributed by atoms with Gasteiger partial charge in [-0.15, -0.1) is 0 Å². The van der Waals surface area contributed by atoms with Crippen LogP contribution < -0.4 is 5.32 Å². The van der Waals surface area contributed by atoms with Gasteiger partial charge in [0.1, 0.15) is 0 Å². The van der Waals surface area contributed by atoms with E-state index in [1.807, 2.05) is 36.4 Å². The first-order chi connectivity index (χ1) is 12.2. The average Bonchev–Trinajstić information content (AvgIpc) is 2.68. The summed E-state index contributed by atoms with van der Waals surface area (Å²) in [5.74, 6) is -1.03. The molecule has 6 nitrogen and oxygen atoms in total. The molecule has 2 amide bonds. The number of piperazine rings is 1. The smallest absolute Gasteiger partial charge is 0.311 e. The Morgan fingerprint density at radius 3 is 2.36 bits per heavy atom. The van der Waals surface area contributed by atoms with Gasteiger partial charge >= 0.3 is 11.8 Å². The SMILES string of the molecule is O=C(NCc1ccccn1)C(=O)N1CCN(Cc2ccccc2)CC1. The first-order valence-electron chi connectivity index (χ1n) is 8.45. The van der Waals surface area contributed by atoms with Crippen LogP contribution >= 0.6 is 0 Å². The minimum absolute atomic E-state index is 0.263. The summed E-state index contributed by atoms with van der Waals surface area (Å²) >= 11 is 0. The van der Waals surface area contributed by atoms with Gasteiger partial charge in [-0.2, -0.15) is 0 Å². The third-order valence-corrected chi connectivity index (χ3v) is 4.26. The molecule has 1 fully saturated rings. The molecule has 0 unspecified atom stereocenters. The van der Waals surface area contributed by atoms with E-state index in [-0.39, 0.29) is 6.54 Å². The van der Waals surface area contributed by atoms with Crippen LogP contribution in [0.4, 0.5) is 0 Å². The number of hydrogen-bond donors (Lipinski definition) is 1. The lowest BCUT2D eigenvalue weighted by atomic mass is 10.2. The van der Waals surface area contributed by atoms with Crippen molar-refractivity contribution in [3.8, 4) is 0 Å². The molecule has 130 valence electrons. The van der Waals surface area contributed by atoms with Crippen LogP contribution in [0.3, 0.4) is 0 Å². The van der Waals surface area contributed by atoms with E-state index in [4.69, 9.17) is 0 Å². The maximum atomic E-state index is 12.3. The molecule has 6 heteroatoms. The fourth-order valence-corrected chi connectivity index (χ4v) is 2.84. The lowest BCUT2D eigenvalue weighted by Crippen LogP contribution is -2.52. The number of rotatable bonds is 4. The van der Waals surface area contributed by atoms with Gasteiger partial charge in [0.25, 0.3) is 0 Å². The standard InChI is InChI=1S/C19H22N4O2/c24-18(21-14-17-8-4-5-9-20-17)19(25)23-12-10-22(11-13-23)15-16-6-2-1-3-7-16/h1-9H,10-15H2,(H,21,24). The highest BCUT2D eigenvalue weighted by molar-refractivity contribution is 6.34. The van der Waals surface area contributed by atoms with Crippen LogP contribution in [0.1, 0.15) is 11.3 Å². The van der Waals surface area contributed by atoms with Crippen molar-refractivity contribution in [2.45, 2.75) is 13.1 Å². The monoisotopic (exact) mass is 338 g/mol. The molecule has 3 rings (SSSR count). The van der Waals surface area contributed by atoms with Gasteiger partial charge in [-0.05, 0) is 17.7 Å². The van der Waals surface area contributed by atoms with E-state index >= 15 is 0 Å². The van der Waals surface area contributed by atoms with Gasteiger partial charge in [-0.25, -0.2) is 0 Å². The molecule has 1 saturated heterocycles. The lowest BCUT2D eigenvalue weighted by Gasteiger charge is -2.34. The first kappa shape index (κ1) is 17.1. The molecule has 1 aliphatic rings. The van der Waals surface area contributed by atoms with Crippen molar-refractivity contribution in [2.75, 3.05) is 26.2 Å². The molecule has 0 spiro atoms. The Kier molecular flexibility index (Phi) is 5.74. The van der Waals surface area contributed by atoms with Gasteiger partial charge in [0.05, 0.1) is 12.2 Å². The van der Waals surface area contributed by atoms with E-state index in [0.29, 0.717) is 13.1 Å². The molecule has 1 N–H and O–H groups in total. The van der Waals surface area contributed by atoms with Crippen LogP contribution in [0.15, 0.2) is 54.7 Å². The fourth-order valence-electron chi connectivity index (χ4n) is 2.84. The van der Waals surface area contributed by atoms with Gasteiger partial charge in [-0.3, -0.25) is 19.5 Å². The molecule has 2 aromatic rings. The number of benzene rings is 1. The minimum Gasteiger partial charge on any atom is -0.342 e. The van der Waals surface area contributed by atoms with Crippen molar-refractivity contribution >= 4 is 11.8 Å². The number of nitrogens with zero attached hydrogens (tertiary/aromatic N) is 3. The van der Waals surface area contributed by atoms with Crippen molar-refractivity contribution in [1.82, 2.24) is 20.1 Å². The van der Waals surface area contributed by atoms with Crippen LogP contribution in [-0.4, -0.2) is 52.8 Å². The maximum absolute atomic E-state index is 12.3. The third-order valence-electron chi connectivity index (χ3n) is 4.26. The number of pyridine rings is 1. The molecule has 1 aliphatic heterocycles. The van der Waals surface area contributed by atoms with Crippen molar-refractivity contribution in [2.24, 2.45) is 0 Å². The molecule has 2 heterocycles. The highest BCUT2D eigenvalue weighted by Crippen LogP contribution is 2.08. The van der Waals surface area contributed by atoms with E-state index in [9.17, 15) is 9.59 Å². The quantitative estimate of drug-likeness (QED) is 0.846. The van der Waals surface area contributed by atoms with Gasteiger partial charge < -0.3 is 10.2 Å². The number of carbonyl (C=O) groups is 2. The molecule has 0 aliphatic carbocycles. The van der Waals surface area contributed by atoms with Crippen molar-refractivity contribution in [3.05, 3.63) is 66.0 Å². The number of aromatic nitrogens is 1. The third kappa shape index (κ3) is 4.87. The average molecular weight is 338 g/mol. The molecular weight excluding hydrogens is 316 g/mol. The second-order valence-corrected chi connectivity index (χ2v) is 6.06. The molecule has 1 aromatic heterocycles. The summed E-state index contributed by atoms with van der Waals surface area (Å²) in [5, 5.41) is 2.64. The number of nitrogens with one attached hydrogen (secondary N) is 1. The van der Waals surface area contributed by atoms with E-state index < -0.39 is 11.8 Å². The van der Waals surface area contributed by atoms with Gasteiger partial charge in [-0.1, -0.05) is 36.4 Å². The van der Waals surface area contributed by atoms with Crippen LogP contribution in [0, 0.1) is 0 Å². The number of amides is 2. The molecule has 25 heavy (non-hydrogen) atoms. The van der Waals surface area contributed by atoms with Crippen molar-refractivity contribution in [1.29, 1.82) is 0 Å². The molecule has 0 atom stereocenters. The van der Waals surface area contributed by atoms with Crippen molar-refractivity contribution < 1.29 is 9.59 Å². The lowest BCUT2D eigenvalue weighted by molar-refractivity contribution is -0.147. The normalized spacial score (nSPS) is 15.0. The highest BCUT2D eigenvalue weighted by atomic mass is 16.2. The van der Waals surface area contributed by atoms with Crippen LogP contribution in [0.25, 0.3) is 0 Å². The fraction of sp³-hybridized carbons (Fsp3) is 0.316. The summed E-state index contributed by atoms with van der Waals surface area (Å²) < 4.78 is 0. The molecule has 0 bridgehead atoms. The molecule has 0 radical (unpaired) electrons. The topological polar surface area (TPSA) is 65.5 Å². The summed E-state index contributed by atoms with van der Waals surface area (Å²) in [7, 11) is 0. The van der Waals surface area contributed by atoms with E-state index in [1.54, 1.807) is 11.1 Å². The van der Waals surface area contributed by atoms with E-state index in [1.165, 1.54) is 5.56 Å². The maximum Gasteiger partial charge on any atom is 0.311 e. The molecular formula is C19H22N4O2. The summed E-state index contributed by atoms with van der Waals surface area (Å²) in [6.45, 7) is 3.82. The molecule has 1 aromatic carbocycles. The number of hydrogen-bond acceptors (Lipinski definition) is 4.